The number of aliphatic hydroxyl groups is 1. The Morgan fingerprint density at radius 1 is 1.05 bits per heavy atom. The molecule has 0 radical (unpaired) electrons. The molecule has 2 aromatic carbocycles. The molecule has 3 nitrogen and oxygen atoms in total. The SMILES string of the molecule is O[C@@]1(CNC2c3ccccc3-c3ccccc32)CCOC1. The van der Waals surface area contributed by atoms with Gasteiger partial charge in [-0.3, -0.25) is 0 Å². The third-order valence-electron chi connectivity index (χ3n) is 4.55. The van der Waals surface area contributed by atoms with Gasteiger partial charge in [-0.15, -0.1) is 0 Å². The van der Waals surface area contributed by atoms with Gasteiger partial charge in [-0.2, -0.15) is 0 Å². The summed E-state index contributed by atoms with van der Waals surface area (Å²) in [6.45, 7) is 1.63. The summed E-state index contributed by atoms with van der Waals surface area (Å²) in [5, 5.41) is 14.0. The zero-order chi connectivity index (χ0) is 14.3. The molecule has 1 atom stereocenters. The summed E-state index contributed by atoms with van der Waals surface area (Å²) < 4.78 is 5.32. The van der Waals surface area contributed by atoms with Crippen LogP contribution in [0, 0.1) is 0 Å². The molecular weight excluding hydrogens is 262 g/mol. The lowest BCUT2D eigenvalue weighted by Crippen LogP contribution is -2.42. The van der Waals surface area contributed by atoms with Gasteiger partial charge in [-0.05, 0) is 22.3 Å². The molecule has 2 N–H and O–H groups in total. The van der Waals surface area contributed by atoms with Crippen molar-refractivity contribution >= 4 is 0 Å². The Morgan fingerprint density at radius 2 is 1.67 bits per heavy atom. The van der Waals surface area contributed by atoms with Crippen LogP contribution in [0.3, 0.4) is 0 Å². The zero-order valence-electron chi connectivity index (χ0n) is 11.9. The molecule has 1 saturated heterocycles. The molecule has 21 heavy (non-hydrogen) atoms. The summed E-state index contributed by atoms with van der Waals surface area (Å²) >= 11 is 0. The molecule has 0 spiro atoms. The number of rotatable bonds is 3. The number of nitrogens with one attached hydrogen (secondary N) is 1. The fraction of sp³-hybridized carbons (Fsp3) is 0.333. The van der Waals surface area contributed by atoms with E-state index in [1.165, 1.54) is 22.3 Å². The Morgan fingerprint density at radius 3 is 2.24 bits per heavy atom. The highest BCUT2D eigenvalue weighted by Crippen LogP contribution is 2.43. The van der Waals surface area contributed by atoms with Crippen LogP contribution in [-0.2, 0) is 4.74 Å². The summed E-state index contributed by atoms with van der Waals surface area (Å²) in [4.78, 5) is 0. The van der Waals surface area contributed by atoms with E-state index in [1.807, 2.05) is 0 Å². The molecule has 1 aliphatic heterocycles. The minimum Gasteiger partial charge on any atom is -0.386 e. The molecule has 108 valence electrons. The quantitative estimate of drug-likeness (QED) is 0.908. The van der Waals surface area contributed by atoms with Crippen molar-refractivity contribution in [1.29, 1.82) is 0 Å². The zero-order valence-corrected chi connectivity index (χ0v) is 11.9. The maximum absolute atomic E-state index is 10.5. The summed E-state index contributed by atoms with van der Waals surface area (Å²) in [5.41, 5.74) is 4.44. The van der Waals surface area contributed by atoms with E-state index < -0.39 is 5.60 Å². The van der Waals surface area contributed by atoms with Crippen LogP contribution in [0.5, 0.6) is 0 Å². The van der Waals surface area contributed by atoms with Crippen LogP contribution in [0.15, 0.2) is 48.5 Å². The normalized spacial score (nSPS) is 24.0. The average molecular weight is 281 g/mol. The highest BCUT2D eigenvalue weighted by atomic mass is 16.5. The molecule has 2 aromatic rings. The van der Waals surface area contributed by atoms with Crippen molar-refractivity contribution in [2.45, 2.75) is 18.1 Å². The van der Waals surface area contributed by atoms with Gasteiger partial charge in [0.15, 0.2) is 0 Å². The average Bonchev–Trinajstić information content (AvgIpc) is 3.08. The topological polar surface area (TPSA) is 41.5 Å². The van der Waals surface area contributed by atoms with Crippen LogP contribution in [0.2, 0.25) is 0 Å². The maximum atomic E-state index is 10.5. The molecule has 4 rings (SSSR count). The van der Waals surface area contributed by atoms with Crippen molar-refractivity contribution < 1.29 is 9.84 Å². The van der Waals surface area contributed by atoms with E-state index in [1.54, 1.807) is 0 Å². The van der Waals surface area contributed by atoms with E-state index >= 15 is 0 Å². The molecule has 3 heteroatoms. The van der Waals surface area contributed by atoms with Crippen LogP contribution in [0.25, 0.3) is 11.1 Å². The minimum absolute atomic E-state index is 0.155. The van der Waals surface area contributed by atoms with Crippen LogP contribution in [0.4, 0.5) is 0 Å². The first kappa shape index (κ1) is 13.0. The molecule has 0 unspecified atom stereocenters. The smallest absolute Gasteiger partial charge is 0.103 e. The highest BCUT2D eigenvalue weighted by molar-refractivity contribution is 5.78. The Balaban J connectivity index is 1.65. The van der Waals surface area contributed by atoms with E-state index in [-0.39, 0.29) is 6.04 Å². The van der Waals surface area contributed by atoms with Gasteiger partial charge in [-0.25, -0.2) is 0 Å². The minimum atomic E-state index is -0.730. The first-order valence-electron chi connectivity index (χ1n) is 7.49. The highest BCUT2D eigenvalue weighted by Gasteiger charge is 2.35. The van der Waals surface area contributed by atoms with E-state index in [9.17, 15) is 5.11 Å². The Kier molecular flexibility index (Phi) is 3.07. The van der Waals surface area contributed by atoms with E-state index in [0.717, 1.165) is 0 Å². The van der Waals surface area contributed by atoms with Gasteiger partial charge in [-0.1, -0.05) is 48.5 Å². The summed E-state index contributed by atoms with van der Waals surface area (Å²) in [7, 11) is 0. The molecule has 0 amide bonds. The monoisotopic (exact) mass is 281 g/mol. The molecule has 0 bridgehead atoms. The third kappa shape index (κ3) is 2.18. The van der Waals surface area contributed by atoms with Crippen molar-refractivity contribution in [2.75, 3.05) is 19.8 Å². The fourth-order valence-corrected chi connectivity index (χ4v) is 3.40. The van der Waals surface area contributed by atoms with E-state index in [4.69, 9.17) is 4.74 Å². The lowest BCUT2D eigenvalue weighted by Gasteiger charge is -2.24. The van der Waals surface area contributed by atoms with Gasteiger partial charge >= 0.3 is 0 Å². The molecule has 2 aliphatic rings. The van der Waals surface area contributed by atoms with Gasteiger partial charge in [0.2, 0.25) is 0 Å². The van der Waals surface area contributed by atoms with Crippen LogP contribution in [-0.4, -0.2) is 30.5 Å². The summed E-state index contributed by atoms with van der Waals surface area (Å²) in [6, 6.07) is 17.1. The first-order valence-corrected chi connectivity index (χ1v) is 7.49. The number of hydrogen-bond acceptors (Lipinski definition) is 3. The Labute approximate surface area is 124 Å². The maximum Gasteiger partial charge on any atom is 0.103 e. The lowest BCUT2D eigenvalue weighted by molar-refractivity contribution is 0.0257. The molecular formula is C18H19NO2. The van der Waals surface area contributed by atoms with Crippen molar-refractivity contribution in [3.63, 3.8) is 0 Å². The number of fused-ring (bicyclic) bond motifs is 3. The van der Waals surface area contributed by atoms with Crippen molar-refractivity contribution in [1.82, 2.24) is 5.32 Å². The second-order valence-corrected chi connectivity index (χ2v) is 6.02. The predicted molar refractivity (Wildman–Crippen MR) is 82.1 cm³/mol. The van der Waals surface area contributed by atoms with Gasteiger partial charge in [0.25, 0.3) is 0 Å². The molecule has 1 heterocycles. The molecule has 1 fully saturated rings. The van der Waals surface area contributed by atoms with E-state index in [2.05, 4.69) is 53.8 Å². The van der Waals surface area contributed by atoms with Crippen molar-refractivity contribution in [3.05, 3.63) is 59.7 Å². The standard InChI is InChI=1S/C18H19NO2/c20-18(9-10-21-12-18)11-19-17-15-7-3-1-5-13(15)14-6-2-4-8-16(14)17/h1-8,17,19-20H,9-12H2/t18-/m1/s1. The number of benzene rings is 2. The second-order valence-electron chi connectivity index (χ2n) is 6.02. The van der Waals surface area contributed by atoms with E-state index in [0.29, 0.717) is 26.2 Å². The lowest BCUT2D eigenvalue weighted by atomic mass is 10.0. The largest absolute Gasteiger partial charge is 0.386 e. The Hall–Kier alpha value is -1.68. The number of hydrogen-bond donors (Lipinski definition) is 2. The fourth-order valence-electron chi connectivity index (χ4n) is 3.40. The van der Waals surface area contributed by atoms with Crippen LogP contribution >= 0.6 is 0 Å². The molecule has 1 aliphatic carbocycles. The molecule has 0 aromatic heterocycles. The first-order chi connectivity index (χ1) is 10.3. The van der Waals surface area contributed by atoms with Crippen molar-refractivity contribution in [3.8, 4) is 11.1 Å². The summed E-state index contributed by atoms with van der Waals surface area (Å²) in [6.07, 6.45) is 0.704. The van der Waals surface area contributed by atoms with Gasteiger partial charge in [0, 0.05) is 19.6 Å². The van der Waals surface area contributed by atoms with Crippen LogP contribution in [0.1, 0.15) is 23.6 Å². The van der Waals surface area contributed by atoms with Gasteiger partial charge < -0.3 is 15.2 Å². The van der Waals surface area contributed by atoms with Gasteiger partial charge in [0.05, 0.1) is 12.6 Å². The summed E-state index contributed by atoms with van der Waals surface area (Å²) in [5.74, 6) is 0. The van der Waals surface area contributed by atoms with Crippen molar-refractivity contribution in [2.24, 2.45) is 0 Å². The second kappa shape index (κ2) is 4.95. The Bertz CT molecular complexity index is 616. The third-order valence-corrected chi connectivity index (χ3v) is 4.55. The van der Waals surface area contributed by atoms with Gasteiger partial charge in [0.1, 0.15) is 5.60 Å². The van der Waals surface area contributed by atoms with Crippen LogP contribution < -0.4 is 5.32 Å². The predicted octanol–water partition coefficient (Wildman–Crippen LogP) is 2.50. The number of ether oxygens (including phenoxy) is 1. The molecule has 0 saturated carbocycles.